The minimum absolute atomic E-state index is 0.168. The van der Waals surface area contributed by atoms with E-state index in [0.717, 1.165) is 24.3 Å². The Morgan fingerprint density at radius 2 is 1.19 bits per heavy atom. The molecule has 0 spiro atoms. The standard InChI is InChI=1S/C19H14N2O6/c1-5-11-7-17(22)15(20(24)25)9-13(11)19(3,4)14-10-16(21(26)27)18(23)8-12(14)6-2/h1-2,7-10,22-23H,3-4H3. The second-order valence-corrected chi connectivity index (χ2v) is 6.20. The fraction of sp³-hybridized carbons (Fsp3) is 0.158. The minimum atomic E-state index is -1.11. The first-order chi connectivity index (χ1) is 12.5. The van der Waals surface area contributed by atoms with Crippen LogP contribution in [0.5, 0.6) is 11.5 Å². The normalized spacial score (nSPS) is 10.7. The number of nitro groups is 2. The van der Waals surface area contributed by atoms with E-state index < -0.39 is 38.1 Å². The van der Waals surface area contributed by atoms with Gasteiger partial charge in [0.1, 0.15) is 0 Å². The topological polar surface area (TPSA) is 127 Å². The van der Waals surface area contributed by atoms with E-state index in [-0.39, 0.29) is 22.3 Å². The van der Waals surface area contributed by atoms with E-state index in [1.807, 2.05) is 0 Å². The van der Waals surface area contributed by atoms with Crippen LogP contribution in [0.25, 0.3) is 0 Å². The summed E-state index contributed by atoms with van der Waals surface area (Å²) in [5, 5.41) is 42.0. The summed E-state index contributed by atoms with van der Waals surface area (Å²) in [6, 6.07) is 4.40. The number of nitrogens with zero attached hydrogens (tertiary/aromatic N) is 2. The second kappa shape index (κ2) is 6.70. The number of benzene rings is 2. The van der Waals surface area contributed by atoms with Crippen molar-refractivity contribution in [2.45, 2.75) is 19.3 Å². The van der Waals surface area contributed by atoms with Gasteiger partial charge in [-0.25, -0.2) is 0 Å². The average Bonchev–Trinajstić information content (AvgIpc) is 2.59. The molecule has 2 rings (SSSR count). The molecule has 2 aromatic rings. The first-order valence-electron chi connectivity index (χ1n) is 7.51. The molecular formula is C19H14N2O6. The summed E-state index contributed by atoms with van der Waals surface area (Å²) in [6.45, 7) is 3.25. The van der Waals surface area contributed by atoms with Crippen LogP contribution < -0.4 is 0 Å². The molecule has 0 fully saturated rings. The van der Waals surface area contributed by atoms with E-state index in [2.05, 4.69) is 11.8 Å². The van der Waals surface area contributed by atoms with E-state index in [0.29, 0.717) is 0 Å². The summed E-state index contributed by atoms with van der Waals surface area (Å²) < 4.78 is 0. The number of hydrogen-bond donors (Lipinski definition) is 2. The summed E-state index contributed by atoms with van der Waals surface area (Å²) in [5.74, 6) is 3.50. The van der Waals surface area contributed by atoms with Gasteiger partial charge in [0.15, 0.2) is 11.5 Å². The Balaban J connectivity index is 2.88. The highest BCUT2D eigenvalue weighted by Crippen LogP contribution is 2.42. The van der Waals surface area contributed by atoms with Crippen LogP contribution in [0.2, 0.25) is 0 Å². The Bertz CT molecular complexity index is 974. The highest BCUT2D eigenvalue weighted by molar-refractivity contribution is 5.64. The molecule has 0 amide bonds. The van der Waals surface area contributed by atoms with E-state index in [1.165, 1.54) is 0 Å². The fourth-order valence-electron chi connectivity index (χ4n) is 2.86. The van der Waals surface area contributed by atoms with Crippen LogP contribution >= 0.6 is 0 Å². The van der Waals surface area contributed by atoms with Crippen LogP contribution in [-0.4, -0.2) is 20.1 Å². The summed E-state index contributed by atoms with van der Waals surface area (Å²) in [6.07, 6.45) is 10.9. The van der Waals surface area contributed by atoms with Gasteiger partial charge >= 0.3 is 11.4 Å². The van der Waals surface area contributed by atoms with Gasteiger partial charge in [-0.2, -0.15) is 0 Å². The molecule has 0 radical (unpaired) electrons. The molecule has 0 saturated carbocycles. The summed E-state index contributed by atoms with van der Waals surface area (Å²) in [7, 11) is 0. The van der Waals surface area contributed by atoms with Gasteiger partial charge in [-0.1, -0.05) is 25.7 Å². The van der Waals surface area contributed by atoms with E-state index in [9.17, 15) is 30.4 Å². The molecule has 0 aliphatic heterocycles. The number of aromatic hydroxyl groups is 2. The lowest BCUT2D eigenvalue weighted by Gasteiger charge is -2.28. The van der Waals surface area contributed by atoms with E-state index in [4.69, 9.17) is 12.8 Å². The van der Waals surface area contributed by atoms with E-state index >= 15 is 0 Å². The molecule has 0 unspecified atom stereocenters. The molecule has 0 aliphatic rings. The highest BCUT2D eigenvalue weighted by Gasteiger charge is 2.33. The van der Waals surface area contributed by atoms with Crippen LogP contribution in [0.15, 0.2) is 24.3 Å². The second-order valence-electron chi connectivity index (χ2n) is 6.20. The third-order valence-corrected chi connectivity index (χ3v) is 4.28. The number of phenolic OH excluding ortho intramolecular Hbond substituents is 2. The zero-order valence-corrected chi connectivity index (χ0v) is 14.4. The SMILES string of the molecule is C#Cc1cc(O)c([N+](=O)[O-])cc1C(C)(C)c1cc([N+](=O)[O-])c(O)cc1C#C. The number of hydrogen-bond acceptors (Lipinski definition) is 6. The van der Waals surface area contributed by atoms with Gasteiger partial charge in [0.2, 0.25) is 0 Å². The zero-order chi connectivity index (χ0) is 20.5. The molecule has 8 heteroatoms. The average molecular weight is 366 g/mol. The predicted molar refractivity (Wildman–Crippen MR) is 97.5 cm³/mol. The van der Waals surface area contributed by atoms with Crippen molar-refractivity contribution in [1.29, 1.82) is 0 Å². The first-order valence-corrected chi connectivity index (χ1v) is 7.51. The highest BCUT2D eigenvalue weighted by atomic mass is 16.6. The largest absolute Gasteiger partial charge is 0.502 e. The van der Waals surface area contributed by atoms with Gasteiger partial charge in [0.05, 0.1) is 9.85 Å². The predicted octanol–water partition coefficient (Wildman–Crippen LogP) is 3.20. The Hall–Kier alpha value is -4.04. The van der Waals surface area contributed by atoms with Gasteiger partial charge in [0, 0.05) is 40.8 Å². The maximum Gasteiger partial charge on any atom is 0.311 e. The lowest BCUT2D eigenvalue weighted by Crippen LogP contribution is -2.22. The van der Waals surface area contributed by atoms with Crippen molar-refractivity contribution in [3.8, 4) is 36.2 Å². The molecule has 2 aromatic carbocycles. The van der Waals surface area contributed by atoms with Crippen molar-refractivity contribution < 1.29 is 20.1 Å². The molecular weight excluding hydrogens is 352 g/mol. The Morgan fingerprint density at radius 1 is 0.852 bits per heavy atom. The molecule has 0 bridgehead atoms. The number of rotatable bonds is 4. The molecule has 0 atom stereocenters. The van der Waals surface area contributed by atoms with E-state index in [1.54, 1.807) is 13.8 Å². The van der Waals surface area contributed by atoms with Gasteiger partial charge < -0.3 is 10.2 Å². The quantitative estimate of drug-likeness (QED) is 0.486. The molecule has 27 heavy (non-hydrogen) atoms. The lowest BCUT2D eigenvalue weighted by molar-refractivity contribution is -0.386. The summed E-state index contributed by atoms with van der Waals surface area (Å²) in [5.41, 5.74) is -1.36. The number of phenols is 2. The van der Waals surface area contributed by atoms with Crippen molar-refractivity contribution in [1.82, 2.24) is 0 Å². The van der Waals surface area contributed by atoms with Crippen molar-refractivity contribution >= 4 is 11.4 Å². The Morgan fingerprint density at radius 3 is 1.44 bits per heavy atom. The third kappa shape index (κ3) is 3.24. The lowest BCUT2D eigenvalue weighted by atomic mass is 9.74. The molecule has 0 saturated heterocycles. The molecule has 0 aliphatic carbocycles. The van der Waals surface area contributed by atoms with Gasteiger partial charge in [-0.05, 0) is 11.1 Å². The third-order valence-electron chi connectivity index (χ3n) is 4.28. The van der Waals surface area contributed by atoms with Crippen molar-refractivity contribution in [3.05, 3.63) is 66.7 Å². The molecule has 0 aromatic heterocycles. The first kappa shape index (κ1) is 19.3. The van der Waals surface area contributed by atoms with Crippen molar-refractivity contribution in [2.75, 3.05) is 0 Å². The number of terminal acetylenes is 2. The molecule has 0 heterocycles. The van der Waals surface area contributed by atoms with Gasteiger partial charge in [0.25, 0.3) is 0 Å². The molecule has 2 N–H and O–H groups in total. The van der Waals surface area contributed by atoms with Crippen LogP contribution in [0.1, 0.15) is 36.1 Å². The van der Waals surface area contributed by atoms with Crippen LogP contribution in [0, 0.1) is 44.9 Å². The monoisotopic (exact) mass is 366 g/mol. The summed E-state index contributed by atoms with van der Waals surface area (Å²) in [4.78, 5) is 20.8. The molecule has 8 nitrogen and oxygen atoms in total. The van der Waals surface area contributed by atoms with Crippen LogP contribution in [0.4, 0.5) is 11.4 Å². The Labute approximate surface area is 154 Å². The fourth-order valence-corrected chi connectivity index (χ4v) is 2.86. The molecule has 136 valence electrons. The Kier molecular flexibility index (Phi) is 4.78. The minimum Gasteiger partial charge on any atom is -0.502 e. The van der Waals surface area contributed by atoms with Crippen molar-refractivity contribution in [3.63, 3.8) is 0 Å². The van der Waals surface area contributed by atoms with Gasteiger partial charge in [-0.15, -0.1) is 12.8 Å². The summed E-state index contributed by atoms with van der Waals surface area (Å²) >= 11 is 0. The smallest absolute Gasteiger partial charge is 0.311 e. The maximum atomic E-state index is 11.2. The maximum absolute atomic E-state index is 11.2. The van der Waals surface area contributed by atoms with Gasteiger partial charge in [-0.3, -0.25) is 20.2 Å². The number of nitro benzene ring substituents is 2. The van der Waals surface area contributed by atoms with Crippen LogP contribution in [-0.2, 0) is 5.41 Å². The zero-order valence-electron chi connectivity index (χ0n) is 14.4. The van der Waals surface area contributed by atoms with Crippen LogP contribution in [0.3, 0.4) is 0 Å². The van der Waals surface area contributed by atoms with Crippen molar-refractivity contribution in [2.24, 2.45) is 0 Å².